The molecule has 0 aliphatic rings. The Kier molecular flexibility index (Phi) is 3.12. The quantitative estimate of drug-likeness (QED) is 0.780. The fraction of sp³-hybridized carbons (Fsp3) is 0.143. The number of aromatic nitrogens is 5. The van der Waals surface area contributed by atoms with Crippen LogP contribution < -0.4 is 5.56 Å². The zero-order valence-corrected chi connectivity index (χ0v) is 10.9. The SMILES string of the molecule is CC(c1ccncc1)c1cnn(-c2cc(=O)[nH]cn2)c1. The molecule has 0 amide bonds. The van der Waals surface area contributed by atoms with Gasteiger partial charge in [-0.15, -0.1) is 0 Å². The second-order valence-corrected chi connectivity index (χ2v) is 4.49. The van der Waals surface area contributed by atoms with Crippen molar-refractivity contribution in [2.45, 2.75) is 12.8 Å². The van der Waals surface area contributed by atoms with Gasteiger partial charge in [0, 0.05) is 30.6 Å². The Morgan fingerprint density at radius 3 is 2.80 bits per heavy atom. The number of aromatic amines is 1. The highest BCUT2D eigenvalue weighted by Crippen LogP contribution is 2.23. The molecule has 0 saturated carbocycles. The van der Waals surface area contributed by atoms with Crippen molar-refractivity contribution in [1.29, 1.82) is 0 Å². The van der Waals surface area contributed by atoms with Gasteiger partial charge in [0.05, 0.1) is 12.5 Å². The Morgan fingerprint density at radius 2 is 2.05 bits per heavy atom. The minimum absolute atomic E-state index is 0.200. The molecule has 3 rings (SSSR count). The van der Waals surface area contributed by atoms with Crippen molar-refractivity contribution >= 4 is 0 Å². The lowest BCUT2D eigenvalue weighted by atomic mass is 9.97. The molecule has 6 nitrogen and oxygen atoms in total. The number of nitrogens with zero attached hydrogens (tertiary/aromatic N) is 4. The molecule has 1 atom stereocenters. The van der Waals surface area contributed by atoms with Crippen LogP contribution in [0.4, 0.5) is 0 Å². The van der Waals surface area contributed by atoms with Gasteiger partial charge in [0.1, 0.15) is 0 Å². The number of rotatable bonds is 3. The maximum absolute atomic E-state index is 11.3. The van der Waals surface area contributed by atoms with Gasteiger partial charge < -0.3 is 4.98 Å². The first kappa shape index (κ1) is 12.3. The van der Waals surface area contributed by atoms with Crippen LogP contribution in [0.15, 0.2) is 54.1 Å². The van der Waals surface area contributed by atoms with E-state index in [-0.39, 0.29) is 11.5 Å². The van der Waals surface area contributed by atoms with E-state index >= 15 is 0 Å². The Morgan fingerprint density at radius 1 is 1.25 bits per heavy atom. The molecule has 0 aliphatic heterocycles. The third-order valence-corrected chi connectivity index (χ3v) is 3.21. The molecule has 1 unspecified atom stereocenters. The molecule has 100 valence electrons. The molecule has 6 heteroatoms. The van der Waals surface area contributed by atoms with Crippen molar-refractivity contribution in [1.82, 2.24) is 24.7 Å². The van der Waals surface area contributed by atoms with E-state index < -0.39 is 0 Å². The molecule has 0 spiro atoms. The highest BCUT2D eigenvalue weighted by atomic mass is 16.1. The molecule has 0 aromatic carbocycles. The number of H-pyrrole nitrogens is 1. The van der Waals surface area contributed by atoms with Crippen molar-refractivity contribution in [2.75, 3.05) is 0 Å². The summed E-state index contributed by atoms with van der Waals surface area (Å²) in [4.78, 5) is 21.9. The summed E-state index contributed by atoms with van der Waals surface area (Å²) in [5, 5.41) is 4.26. The van der Waals surface area contributed by atoms with Gasteiger partial charge in [-0.05, 0) is 23.3 Å². The van der Waals surface area contributed by atoms with Crippen molar-refractivity contribution in [3.63, 3.8) is 0 Å². The van der Waals surface area contributed by atoms with E-state index in [1.165, 1.54) is 18.0 Å². The van der Waals surface area contributed by atoms with Crippen LogP contribution in [-0.4, -0.2) is 24.7 Å². The molecular formula is C14H13N5O. The average Bonchev–Trinajstić information content (AvgIpc) is 2.97. The molecule has 20 heavy (non-hydrogen) atoms. The van der Waals surface area contributed by atoms with Crippen molar-refractivity contribution in [2.24, 2.45) is 0 Å². The molecule has 3 aromatic rings. The van der Waals surface area contributed by atoms with Crippen LogP contribution in [0, 0.1) is 0 Å². The lowest BCUT2D eigenvalue weighted by Gasteiger charge is -2.08. The van der Waals surface area contributed by atoms with E-state index in [2.05, 4.69) is 27.0 Å². The molecule has 0 bridgehead atoms. The minimum atomic E-state index is -0.200. The molecule has 1 N–H and O–H groups in total. The Labute approximate surface area is 115 Å². The third-order valence-electron chi connectivity index (χ3n) is 3.21. The first-order chi connectivity index (χ1) is 9.74. The van der Waals surface area contributed by atoms with Gasteiger partial charge in [-0.2, -0.15) is 5.10 Å². The zero-order chi connectivity index (χ0) is 13.9. The fourth-order valence-corrected chi connectivity index (χ4v) is 2.01. The van der Waals surface area contributed by atoms with Crippen LogP contribution >= 0.6 is 0 Å². The van der Waals surface area contributed by atoms with Crippen molar-refractivity contribution in [3.05, 3.63) is 70.8 Å². The molecule has 0 saturated heterocycles. The minimum Gasteiger partial charge on any atom is -0.313 e. The van der Waals surface area contributed by atoms with Crippen molar-refractivity contribution < 1.29 is 0 Å². The standard InChI is InChI=1S/C14H13N5O/c1-10(11-2-4-15-5-3-11)12-7-18-19(8-12)13-6-14(20)17-9-16-13/h2-10H,1H3,(H,16,17,20). The van der Waals surface area contributed by atoms with Crippen LogP contribution in [-0.2, 0) is 0 Å². The third kappa shape index (κ3) is 2.35. The van der Waals surface area contributed by atoms with Crippen LogP contribution in [0.3, 0.4) is 0 Å². The Balaban J connectivity index is 1.93. The van der Waals surface area contributed by atoms with Crippen LogP contribution in [0.1, 0.15) is 24.0 Å². The highest BCUT2D eigenvalue weighted by Gasteiger charge is 2.11. The van der Waals surface area contributed by atoms with Crippen LogP contribution in [0.25, 0.3) is 5.82 Å². The summed E-state index contributed by atoms with van der Waals surface area (Å²) in [7, 11) is 0. The van der Waals surface area contributed by atoms with E-state index in [1.807, 2.05) is 18.3 Å². The lowest BCUT2D eigenvalue weighted by Crippen LogP contribution is -2.08. The summed E-state index contributed by atoms with van der Waals surface area (Å²) in [5.41, 5.74) is 2.02. The van der Waals surface area contributed by atoms with E-state index in [1.54, 1.807) is 23.3 Å². The van der Waals surface area contributed by atoms with Gasteiger partial charge >= 0.3 is 0 Å². The molecule has 0 fully saturated rings. The monoisotopic (exact) mass is 267 g/mol. The van der Waals surface area contributed by atoms with Gasteiger partial charge in [0.25, 0.3) is 5.56 Å². The highest BCUT2D eigenvalue weighted by molar-refractivity contribution is 5.29. The van der Waals surface area contributed by atoms with Gasteiger partial charge in [-0.25, -0.2) is 9.67 Å². The summed E-state index contributed by atoms with van der Waals surface area (Å²) >= 11 is 0. The Bertz CT molecular complexity index is 762. The van der Waals surface area contributed by atoms with E-state index in [4.69, 9.17) is 0 Å². The van der Waals surface area contributed by atoms with E-state index in [9.17, 15) is 4.79 Å². The first-order valence-corrected chi connectivity index (χ1v) is 6.23. The van der Waals surface area contributed by atoms with Crippen molar-refractivity contribution in [3.8, 4) is 5.82 Å². The molecule has 0 radical (unpaired) electrons. The fourth-order valence-electron chi connectivity index (χ4n) is 2.01. The summed E-state index contributed by atoms with van der Waals surface area (Å²) in [6.45, 7) is 2.10. The lowest BCUT2D eigenvalue weighted by molar-refractivity contribution is 0.832. The largest absolute Gasteiger partial charge is 0.313 e. The Hall–Kier alpha value is -2.76. The topological polar surface area (TPSA) is 76.5 Å². The second-order valence-electron chi connectivity index (χ2n) is 4.49. The van der Waals surface area contributed by atoms with Crippen LogP contribution in [0.5, 0.6) is 0 Å². The molecule has 0 aliphatic carbocycles. The normalized spacial score (nSPS) is 12.2. The maximum Gasteiger partial charge on any atom is 0.252 e. The number of nitrogens with one attached hydrogen (secondary N) is 1. The van der Waals surface area contributed by atoms with Gasteiger partial charge in [-0.3, -0.25) is 9.78 Å². The number of pyridine rings is 1. The molecule has 3 heterocycles. The summed E-state index contributed by atoms with van der Waals surface area (Å²) in [5.74, 6) is 0.704. The first-order valence-electron chi connectivity index (χ1n) is 6.23. The predicted octanol–water partition coefficient (Wildman–Crippen LogP) is 1.50. The van der Waals surface area contributed by atoms with Gasteiger partial charge in [0.15, 0.2) is 5.82 Å². The number of hydrogen-bond donors (Lipinski definition) is 1. The second kappa shape index (κ2) is 5.08. The van der Waals surface area contributed by atoms with E-state index in [0.29, 0.717) is 5.82 Å². The molecular weight excluding hydrogens is 254 g/mol. The van der Waals surface area contributed by atoms with Crippen LogP contribution in [0.2, 0.25) is 0 Å². The smallest absolute Gasteiger partial charge is 0.252 e. The summed E-state index contributed by atoms with van der Waals surface area (Å²) in [6.07, 6.45) is 8.58. The predicted molar refractivity (Wildman–Crippen MR) is 73.7 cm³/mol. The summed E-state index contributed by atoms with van der Waals surface area (Å²) in [6, 6.07) is 5.37. The van der Waals surface area contributed by atoms with Gasteiger partial charge in [-0.1, -0.05) is 6.92 Å². The van der Waals surface area contributed by atoms with Gasteiger partial charge in [0.2, 0.25) is 0 Å². The molecule has 3 aromatic heterocycles. The maximum atomic E-state index is 11.3. The summed E-state index contributed by atoms with van der Waals surface area (Å²) < 4.78 is 1.60. The average molecular weight is 267 g/mol. The zero-order valence-electron chi connectivity index (χ0n) is 10.9. The van der Waals surface area contributed by atoms with E-state index in [0.717, 1.165) is 5.56 Å². The number of hydrogen-bond acceptors (Lipinski definition) is 4.